The Kier molecular flexibility index (Phi) is 3.21. The van der Waals surface area contributed by atoms with Crippen molar-refractivity contribution in [1.82, 2.24) is 4.98 Å². The van der Waals surface area contributed by atoms with E-state index in [2.05, 4.69) is 30.1 Å². The van der Waals surface area contributed by atoms with Crippen LogP contribution in [0.2, 0.25) is 0 Å². The lowest BCUT2D eigenvalue weighted by atomic mass is 9.96. The predicted molar refractivity (Wildman–Crippen MR) is 84.3 cm³/mol. The molecule has 0 bridgehead atoms. The highest BCUT2D eigenvalue weighted by Crippen LogP contribution is 2.34. The minimum absolute atomic E-state index is 0.773. The Bertz CT molecular complexity index is 683. The zero-order valence-electron chi connectivity index (χ0n) is 11.4. The molecule has 1 heterocycles. The smallest absolute Gasteiger partial charge is 0.0783 e. The van der Waals surface area contributed by atoms with Crippen LogP contribution in [0.1, 0.15) is 5.56 Å². The molecule has 0 aliphatic carbocycles. The maximum absolute atomic E-state index is 6.11. The first kappa shape index (κ1) is 12.4. The van der Waals surface area contributed by atoms with E-state index in [0.717, 1.165) is 28.1 Å². The molecule has 2 aromatic carbocycles. The Morgan fingerprint density at radius 1 is 0.750 bits per heavy atom. The van der Waals surface area contributed by atoms with Gasteiger partial charge in [-0.2, -0.15) is 0 Å². The molecule has 0 fully saturated rings. The van der Waals surface area contributed by atoms with E-state index >= 15 is 0 Å². The van der Waals surface area contributed by atoms with E-state index in [4.69, 9.17) is 5.73 Å². The summed E-state index contributed by atoms with van der Waals surface area (Å²) >= 11 is 0. The highest BCUT2D eigenvalue weighted by molar-refractivity contribution is 5.87. The summed E-state index contributed by atoms with van der Waals surface area (Å²) in [6, 6.07) is 20.2. The van der Waals surface area contributed by atoms with Gasteiger partial charge in [0.15, 0.2) is 0 Å². The molecule has 0 spiro atoms. The Morgan fingerprint density at radius 2 is 1.40 bits per heavy atom. The van der Waals surface area contributed by atoms with Gasteiger partial charge in [-0.25, -0.2) is 0 Å². The van der Waals surface area contributed by atoms with Crippen LogP contribution in [0.15, 0.2) is 66.9 Å². The van der Waals surface area contributed by atoms with Crippen molar-refractivity contribution in [3.05, 3.63) is 72.4 Å². The second kappa shape index (κ2) is 5.17. The predicted octanol–water partition coefficient (Wildman–Crippen LogP) is 4.31. The quantitative estimate of drug-likeness (QED) is 0.697. The van der Waals surface area contributed by atoms with Crippen molar-refractivity contribution in [2.75, 3.05) is 5.73 Å². The molecule has 1 aromatic heterocycles. The van der Waals surface area contributed by atoms with E-state index in [1.54, 1.807) is 0 Å². The zero-order valence-corrected chi connectivity index (χ0v) is 11.4. The zero-order chi connectivity index (χ0) is 13.9. The number of anilines is 1. The number of nitrogens with zero attached hydrogens (tertiary/aromatic N) is 1. The van der Waals surface area contributed by atoms with Crippen LogP contribution in [0.4, 0.5) is 5.69 Å². The Hall–Kier alpha value is -2.61. The maximum atomic E-state index is 6.11. The second-order valence-corrected chi connectivity index (χ2v) is 4.80. The van der Waals surface area contributed by atoms with Crippen LogP contribution in [-0.2, 0) is 0 Å². The highest BCUT2D eigenvalue weighted by atomic mass is 14.7. The summed E-state index contributed by atoms with van der Waals surface area (Å²) in [6.07, 6.45) is 1.82. The molecule has 2 nitrogen and oxygen atoms in total. The third-order valence-electron chi connectivity index (χ3n) is 3.46. The molecule has 3 aromatic rings. The molecule has 0 aliphatic heterocycles. The fourth-order valence-corrected chi connectivity index (χ4v) is 2.42. The van der Waals surface area contributed by atoms with E-state index in [9.17, 15) is 0 Å². The maximum Gasteiger partial charge on any atom is 0.0783 e. The molecule has 2 N–H and O–H groups in total. The van der Waals surface area contributed by atoms with E-state index in [-0.39, 0.29) is 0 Å². The molecule has 0 saturated carbocycles. The first-order valence-electron chi connectivity index (χ1n) is 6.63. The van der Waals surface area contributed by atoms with Crippen LogP contribution in [0, 0.1) is 6.92 Å². The van der Waals surface area contributed by atoms with Gasteiger partial charge in [-0.05, 0) is 24.6 Å². The van der Waals surface area contributed by atoms with Crippen LogP contribution in [-0.4, -0.2) is 4.98 Å². The van der Waals surface area contributed by atoms with E-state index in [1.165, 1.54) is 5.56 Å². The first-order chi connectivity index (χ1) is 9.77. The largest absolute Gasteiger partial charge is 0.398 e. The topological polar surface area (TPSA) is 38.9 Å². The fraction of sp³-hybridized carbons (Fsp3) is 0.0556. The van der Waals surface area contributed by atoms with E-state index in [0.29, 0.717) is 0 Å². The first-order valence-corrected chi connectivity index (χ1v) is 6.63. The molecule has 3 rings (SSSR count). The number of para-hydroxylation sites is 1. The van der Waals surface area contributed by atoms with Crippen LogP contribution < -0.4 is 5.73 Å². The van der Waals surface area contributed by atoms with Gasteiger partial charge in [0.2, 0.25) is 0 Å². The van der Waals surface area contributed by atoms with Gasteiger partial charge in [0.05, 0.1) is 5.69 Å². The van der Waals surface area contributed by atoms with Crippen molar-refractivity contribution in [2.45, 2.75) is 6.92 Å². The van der Waals surface area contributed by atoms with Gasteiger partial charge in [-0.15, -0.1) is 0 Å². The number of nitrogen functional groups attached to an aromatic ring is 1. The van der Waals surface area contributed by atoms with Crippen LogP contribution >= 0.6 is 0 Å². The summed E-state index contributed by atoms with van der Waals surface area (Å²) < 4.78 is 0. The molecule has 0 unspecified atom stereocenters. The lowest BCUT2D eigenvalue weighted by Gasteiger charge is -2.12. The van der Waals surface area contributed by atoms with Crippen LogP contribution in [0.3, 0.4) is 0 Å². The number of aromatic nitrogens is 1. The summed E-state index contributed by atoms with van der Waals surface area (Å²) in [5, 5.41) is 0. The summed E-state index contributed by atoms with van der Waals surface area (Å²) in [6.45, 7) is 2.10. The average Bonchev–Trinajstić information content (AvgIpc) is 2.48. The Labute approximate surface area is 118 Å². The van der Waals surface area contributed by atoms with Gasteiger partial charge in [-0.1, -0.05) is 48.5 Å². The van der Waals surface area contributed by atoms with Crippen molar-refractivity contribution in [3.8, 4) is 22.4 Å². The van der Waals surface area contributed by atoms with Gasteiger partial charge in [-0.3, -0.25) is 4.98 Å². The van der Waals surface area contributed by atoms with E-state index < -0.39 is 0 Å². The molecular formula is C18H16N2. The van der Waals surface area contributed by atoms with Gasteiger partial charge in [0.25, 0.3) is 0 Å². The number of pyridine rings is 1. The monoisotopic (exact) mass is 260 g/mol. The van der Waals surface area contributed by atoms with Crippen molar-refractivity contribution in [2.24, 2.45) is 0 Å². The molecule has 98 valence electrons. The normalized spacial score (nSPS) is 10.4. The minimum atomic E-state index is 0.773. The lowest BCUT2D eigenvalue weighted by Crippen LogP contribution is -1.94. The summed E-state index contributed by atoms with van der Waals surface area (Å²) in [4.78, 5) is 4.57. The summed E-state index contributed by atoms with van der Waals surface area (Å²) in [7, 11) is 0. The molecule has 20 heavy (non-hydrogen) atoms. The van der Waals surface area contributed by atoms with Crippen molar-refractivity contribution in [3.63, 3.8) is 0 Å². The standard InChI is InChI=1S/C18H16N2/c1-13-7-2-3-8-14(13)18-16(10-6-12-20-18)15-9-4-5-11-17(15)19/h2-12H,19H2,1H3. The van der Waals surface area contributed by atoms with Crippen molar-refractivity contribution in [1.29, 1.82) is 0 Å². The number of hydrogen-bond acceptors (Lipinski definition) is 2. The van der Waals surface area contributed by atoms with Gasteiger partial charge in [0.1, 0.15) is 0 Å². The van der Waals surface area contributed by atoms with Gasteiger partial charge < -0.3 is 5.73 Å². The van der Waals surface area contributed by atoms with E-state index in [1.807, 2.05) is 48.7 Å². The Balaban J connectivity index is 2.25. The number of nitrogens with two attached hydrogens (primary N) is 1. The van der Waals surface area contributed by atoms with Crippen LogP contribution in [0.5, 0.6) is 0 Å². The average molecular weight is 260 g/mol. The molecular weight excluding hydrogens is 244 g/mol. The molecule has 0 aliphatic rings. The summed E-state index contributed by atoms with van der Waals surface area (Å²) in [5.74, 6) is 0. The SMILES string of the molecule is Cc1ccccc1-c1ncccc1-c1ccccc1N. The second-order valence-electron chi connectivity index (χ2n) is 4.80. The molecule has 0 radical (unpaired) electrons. The molecule has 0 amide bonds. The van der Waals surface area contributed by atoms with Gasteiger partial charge >= 0.3 is 0 Å². The number of rotatable bonds is 2. The summed E-state index contributed by atoms with van der Waals surface area (Å²) in [5.41, 5.74) is 12.3. The third kappa shape index (κ3) is 2.16. The minimum Gasteiger partial charge on any atom is -0.398 e. The number of aryl methyl sites for hydroxylation is 1. The number of hydrogen-bond donors (Lipinski definition) is 1. The van der Waals surface area contributed by atoms with Gasteiger partial charge in [0, 0.05) is 28.6 Å². The van der Waals surface area contributed by atoms with Crippen LogP contribution in [0.25, 0.3) is 22.4 Å². The third-order valence-corrected chi connectivity index (χ3v) is 3.46. The molecule has 0 saturated heterocycles. The van der Waals surface area contributed by atoms with Crippen molar-refractivity contribution >= 4 is 5.69 Å². The Morgan fingerprint density at radius 3 is 2.15 bits per heavy atom. The lowest BCUT2D eigenvalue weighted by molar-refractivity contribution is 1.31. The fourth-order valence-electron chi connectivity index (χ4n) is 2.42. The highest BCUT2D eigenvalue weighted by Gasteiger charge is 2.11. The number of benzene rings is 2. The molecule has 2 heteroatoms. The van der Waals surface area contributed by atoms with Crippen molar-refractivity contribution < 1.29 is 0 Å². The molecule has 0 atom stereocenters.